The summed E-state index contributed by atoms with van der Waals surface area (Å²) in [6, 6.07) is 12.7. The van der Waals surface area contributed by atoms with Crippen LogP contribution >= 0.6 is 0 Å². The summed E-state index contributed by atoms with van der Waals surface area (Å²) in [4.78, 5) is 28.5. The predicted molar refractivity (Wildman–Crippen MR) is 105 cm³/mol. The monoisotopic (exact) mass is 403 g/mol. The fourth-order valence-corrected chi connectivity index (χ4v) is 3.60. The van der Waals surface area contributed by atoms with E-state index in [9.17, 15) is 23.1 Å². The highest BCUT2D eigenvalue weighted by molar-refractivity contribution is 7.92. The Hall–Kier alpha value is -3.07. The highest BCUT2D eigenvalue weighted by Crippen LogP contribution is 2.20. The maximum atomic E-state index is 12.7. The molecule has 0 unspecified atom stereocenters. The minimum absolute atomic E-state index is 0.0683. The lowest BCUT2D eigenvalue weighted by molar-refractivity contribution is 0.0533. The van der Waals surface area contributed by atoms with Gasteiger partial charge < -0.3 is 14.9 Å². The number of para-hydroxylation sites is 1. The molecular formula is C19H21N3O5S. The van der Waals surface area contributed by atoms with E-state index in [0.717, 1.165) is 6.26 Å². The minimum Gasteiger partial charge on any atom is -0.507 e. The van der Waals surface area contributed by atoms with Gasteiger partial charge >= 0.3 is 0 Å². The molecule has 2 aromatic carbocycles. The van der Waals surface area contributed by atoms with Gasteiger partial charge in [0, 0.05) is 37.4 Å². The van der Waals surface area contributed by atoms with Gasteiger partial charge in [0.1, 0.15) is 5.75 Å². The summed E-state index contributed by atoms with van der Waals surface area (Å²) in [5.41, 5.74) is 0.928. The van der Waals surface area contributed by atoms with Crippen LogP contribution in [0.15, 0.2) is 48.5 Å². The normalized spacial score (nSPS) is 14.6. The lowest BCUT2D eigenvalue weighted by atomic mass is 10.1. The Morgan fingerprint density at radius 1 is 0.929 bits per heavy atom. The van der Waals surface area contributed by atoms with Gasteiger partial charge in [-0.3, -0.25) is 14.3 Å². The van der Waals surface area contributed by atoms with Crippen molar-refractivity contribution in [3.8, 4) is 5.75 Å². The maximum absolute atomic E-state index is 12.7. The Balaban J connectivity index is 1.65. The molecular weight excluding hydrogens is 382 g/mol. The Labute approximate surface area is 163 Å². The number of aromatic hydroxyl groups is 1. The van der Waals surface area contributed by atoms with Gasteiger partial charge in [0.25, 0.3) is 11.8 Å². The van der Waals surface area contributed by atoms with Crippen LogP contribution in [-0.4, -0.2) is 67.6 Å². The van der Waals surface area contributed by atoms with Gasteiger partial charge in [-0.2, -0.15) is 0 Å². The number of sulfonamides is 1. The largest absolute Gasteiger partial charge is 0.507 e. The van der Waals surface area contributed by atoms with E-state index >= 15 is 0 Å². The van der Waals surface area contributed by atoms with Gasteiger partial charge in [0.05, 0.1) is 11.8 Å². The SMILES string of the molecule is CS(=O)(=O)Nc1cccc(C(=O)N2CCN(C(=O)c3ccccc3O)CC2)c1. The molecule has 0 aromatic heterocycles. The van der Waals surface area contributed by atoms with Gasteiger partial charge in [0.2, 0.25) is 10.0 Å². The lowest BCUT2D eigenvalue weighted by Crippen LogP contribution is -2.50. The summed E-state index contributed by atoms with van der Waals surface area (Å²) in [7, 11) is -3.43. The van der Waals surface area contributed by atoms with E-state index in [0.29, 0.717) is 37.4 Å². The van der Waals surface area contributed by atoms with E-state index in [1.165, 1.54) is 12.1 Å². The Bertz CT molecular complexity index is 998. The first-order valence-electron chi connectivity index (χ1n) is 8.69. The quantitative estimate of drug-likeness (QED) is 0.802. The fourth-order valence-electron chi connectivity index (χ4n) is 3.05. The molecule has 1 aliphatic heterocycles. The van der Waals surface area contributed by atoms with E-state index in [4.69, 9.17) is 0 Å². The van der Waals surface area contributed by atoms with E-state index < -0.39 is 10.0 Å². The summed E-state index contributed by atoms with van der Waals surface area (Å²) in [5.74, 6) is -0.572. The number of carbonyl (C=O) groups is 2. The molecule has 0 spiro atoms. The molecule has 1 saturated heterocycles. The first kappa shape index (κ1) is 19.7. The van der Waals surface area contributed by atoms with Crippen molar-refractivity contribution in [1.82, 2.24) is 9.80 Å². The Kier molecular flexibility index (Phi) is 5.55. The number of anilines is 1. The molecule has 9 heteroatoms. The van der Waals surface area contributed by atoms with Crippen molar-refractivity contribution >= 4 is 27.5 Å². The zero-order valence-corrected chi connectivity index (χ0v) is 16.1. The smallest absolute Gasteiger partial charge is 0.257 e. The summed E-state index contributed by atoms with van der Waals surface area (Å²) < 4.78 is 25.1. The van der Waals surface area contributed by atoms with E-state index in [-0.39, 0.29) is 23.1 Å². The van der Waals surface area contributed by atoms with Crippen molar-refractivity contribution in [2.75, 3.05) is 37.2 Å². The van der Waals surface area contributed by atoms with Crippen molar-refractivity contribution in [3.05, 3.63) is 59.7 Å². The average molecular weight is 403 g/mol. The zero-order valence-electron chi connectivity index (χ0n) is 15.3. The molecule has 148 valence electrons. The summed E-state index contributed by atoms with van der Waals surface area (Å²) in [6.45, 7) is 1.39. The number of hydrogen-bond acceptors (Lipinski definition) is 5. The highest BCUT2D eigenvalue weighted by Gasteiger charge is 2.26. The third-order valence-electron chi connectivity index (χ3n) is 4.40. The van der Waals surface area contributed by atoms with Crippen LogP contribution in [0, 0.1) is 0 Å². The van der Waals surface area contributed by atoms with Gasteiger partial charge in [-0.25, -0.2) is 8.42 Å². The minimum atomic E-state index is -3.43. The third kappa shape index (κ3) is 4.61. The molecule has 0 radical (unpaired) electrons. The molecule has 8 nitrogen and oxygen atoms in total. The van der Waals surface area contributed by atoms with Gasteiger partial charge in [-0.15, -0.1) is 0 Å². The van der Waals surface area contributed by atoms with Crippen molar-refractivity contribution in [1.29, 1.82) is 0 Å². The molecule has 2 N–H and O–H groups in total. The van der Waals surface area contributed by atoms with Crippen LogP contribution in [0.4, 0.5) is 5.69 Å². The van der Waals surface area contributed by atoms with Crippen molar-refractivity contribution in [2.45, 2.75) is 0 Å². The van der Waals surface area contributed by atoms with Crippen LogP contribution in [0.25, 0.3) is 0 Å². The lowest BCUT2D eigenvalue weighted by Gasteiger charge is -2.35. The first-order valence-corrected chi connectivity index (χ1v) is 10.6. The number of carbonyl (C=O) groups excluding carboxylic acids is 2. The van der Waals surface area contributed by atoms with E-state index in [2.05, 4.69) is 4.72 Å². The second-order valence-electron chi connectivity index (χ2n) is 6.56. The standard InChI is InChI=1S/C19H21N3O5S/c1-28(26,27)20-15-6-4-5-14(13-15)18(24)21-9-11-22(12-10-21)19(25)16-7-2-3-8-17(16)23/h2-8,13,20,23H,9-12H2,1H3. The number of phenols is 1. The second-order valence-corrected chi connectivity index (χ2v) is 8.31. The number of piperazine rings is 1. The predicted octanol–water partition coefficient (Wildman–Crippen LogP) is 1.36. The summed E-state index contributed by atoms with van der Waals surface area (Å²) in [6.07, 6.45) is 1.04. The number of benzene rings is 2. The Morgan fingerprint density at radius 3 is 2.14 bits per heavy atom. The van der Waals surface area contributed by atoms with Crippen LogP contribution in [-0.2, 0) is 10.0 Å². The molecule has 0 aliphatic carbocycles. The van der Waals surface area contributed by atoms with Crippen molar-refractivity contribution in [2.24, 2.45) is 0 Å². The van der Waals surface area contributed by atoms with E-state index in [1.807, 2.05) is 0 Å². The highest BCUT2D eigenvalue weighted by atomic mass is 32.2. The number of nitrogens with one attached hydrogen (secondary N) is 1. The molecule has 0 saturated carbocycles. The second kappa shape index (κ2) is 7.89. The molecule has 0 bridgehead atoms. The fraction of sp³-hybridized carbons (Fsp3) is 0.263. The topological polar surface area (TPSA) is 107 Å². The molecule has 1 heterocycles. The summed E-state index contributed by atoms with van der Waals surface area (Å²) in [5, 5.41) is 9.85. The number of amides is 2. The van der Waals surface area contributed by atoms with Gasteiger partial charge in [0.15, 0.2) is 0 Å². The van der Waals surface area contributed by atoms with Crippen LogP contribution in [0.2, 0.25) is 0 Å². The first-order chi connectivity index (χ1) is 13.2. The number of rotatable bonds is 4. The van der Waals surface area contributed by atoms with Crippen LogP contribution in [0.1, 0.15) is 20.7 Å². The van der Waals surface area contributed by atoms with E-state index in [1.54, 1.807) is 46.2 Å². The maximum Gasteiger partial charge on any atom is 0.257 e. The van der Waals surface area contributed by atoms with Crippen molar-refractivity contribution < 1.29 is 23.1 Å². The summed E-state index contributed by atoms with van der Waals surface area (Å²) >= 11 is 0. The average Bonchev–Trinajstić information content (AvgIpc) is 2.66. The van der Waals surface area contributed by atoms with Gasteiger partial charge in [-0.1, -0.05) is 18.2 Å². The van der Waals surface area contributed by atoms with Crippen LogP contribution in [0.3, 0.4) is 0 Å². The number of phenolic OH excluding ortho intramolecular Hbond substituents is 1. The number of hydrogen-bond donors (Lipinski definition) is 2. The molecule has 0 atom stereocenters. The molecule has 2 aromatic rings. The molecule has 1 fully saturated rings. The molecule has 28 heavy (non-hydrogen) atoms. The van der Waals surface area contributed by atoms with Crippen LogP contribution in [0.5, 0.6) is 5.75 Å². The van der Waals surface area contributed by atoms with Crippen LogP contribution < -0.4 is 4.72 Å². The zero-order chi connectivity index (χ0) is 20.3. The van der Waals surface area contributed by atoms with Crippen molar-refractivity contribution in [3.63, 3.8) is 0 Å². The Morgan fingerprint density at radius 2 is 1.54 bits per heavy atom. The third-order valence-corrected chi connectivity index (χ3v) is 5.01. The van der Waals surface area contributed by atoms with Gasteiger partial charge in [-0.05, 0) is 30.3 Å². The number of nitrogens with zero attached hydrogens (tertiary/aromatic N) is 2. The molecule has 1 aliphatic rings. The molecule has 2 amide bonds. The molecule has 3 rings (SSSR count).